The first kappa shape index (κ1) is 17.8. The van der Waals surface area contributed by atoms with E-state index in [1.165, 1.54) is 12.1 Å². The van der Waals surface area contributed by atoms with Crippen LogP contribution in [0.1, 0.15) is 38.1 Å². The minimum atomic E-state index is -1.62. The SMILES string of the molecule is CC(C(=O)NC(C)(C)C)S(=O)c1ccc(Br)c(C(=O)O)c1. The molecular formula is C14H18BrNO4S. The molecule has 0 aliphatic heterocycles. The van der Waals surface area contributed by atoms with Crippen LogP contribution in [0.25, 0.3) is 0 Å². The van der Waals surface area contributed by atoms with Crippen molar-refractivity contribution in [3.8, 4) is 0 Å². The van der Waals surface area contributed by atoms with Gasteiger partial charge in [-0.05, 0) is 61.8 Å². The van der Waals surface area contributed by atoms with Crippen molar-refractivity contribution in [3.05, 3.63) is 28.2 Å². The van der Waals surface area contributed by atoms with Crippen LogP contribution in [-0.4, -0.2) is 32.0 Å². The Hall–Kier alpha value is -1.21. The van der Waals surface area contributed by atoms with Crippen LogP contribution in [0.5, 0.6) is 0 Å². The first-order chi connectivity index (χ1) is 9.53. The molecule has 0 spiro atoms. The Morgan fingerprint density at radius 3 is 2.38 bits per heavy atom. The average molecular weight is 376 g/mol. The molecule has 0 aliphatic rings. The molecule has 2 atom stereocenters. The van der Waals surface area contributed by atoms with Gasteiger partial charge in [0.1, 0.15) is 5.25 Å². The second-order valence-corrected chi connectivity index (χ2v) is 8.25. The van der Waals surface area contributed by atoms with E-state index >= 15 is 0 Å². The molecule has 0 saturated carbocycles. The molecule has 0 saturated heterocycles. The molecule has 5 nitrogen and oxygen atoms in total. The number of carbonyl (C=O) groups is 2. The maximum absolute atomic E-state index is 12.4. The van der Waals surface area contributed by atoms with Gasteiger partial charge in [0, 0.05) is 14.9 Å². The lowest BCUT2D eigenvalue weighted by Gasteiger charge is -2.23. The largest absolute Gasteiger partial charge is 0.478 e. The van der Waals surface area contributed by atoms with Crippen LogP contribution in [-0.2, 0) is 15.6 Å². The Morgan fingerprint density at radius 2 is 1.90 bits per heavy atom. The maximum Gasteiger partial charge on any atom is 0.336 e. The number of rotatable bonds is 4. The van der Waals surface area contributed by atoms with E-state index in [0.29, 0.717) is 9.37 Å². The van der Waals surface area contributed by atoms with Gasteiger partial charge in [0.25, 0.3) is 0 Å². The van der Waals surface area contributed by atoms with Crippen molar-refractivity contribution in [3.63, 3.8) is 0 Å². The zero-order valence-corrected chi connectivity index (χ0v) is 14.7. The van der Waals surface area contributed by atoms with Crippen molar-refractivity contribution in [2.24, 2.45) is 0 Å². The minimum absolute atomic E-state index is 0.0179. The normalized spacial score (nSPS) is 14.3. The Labute approximate surface area is 134 Å². The summed E-state index contributed by atoms with van der Waals surface area (Å²) in [5.74, 6) is -1.45. The molecule has 0 aromatic heterocycles. The van der Waals surface area contributed by atoms with E-state index in [2.05, 4.69) is 21.2 Å². The molecule has 21 heavy (non-hydrogen) atoms. The lowest BCUT2D eigenvalue weighted by molar-refractivity contribution is -0.121. The number of halogens is 1. The predicted molar refractivity (Wildman–Crippen MR) is 84.9 cm³/mol. The van der Waals surface area contributed by atoms with Gasteiger partial charge in [-0.1, -0.05) is 0 Å². The van der Waals surface area contributed by atoms with Gasteiger partial charge in [0.05, 0.1) is 16.4 Å². The van der Waals surface area contributed by atoms with Crippen molar-refractivity contribution in [2.45, 2.75) is 43.4 Å². The summed E-state index contributed by atoms with van der Waals surface area (Å²) in [6.45, 7) is 7.06. The first-order valence-electron chi connectivity index (χ1n) is 6.28. The quantitative estimate of drug-likeness (QED) is 0.846. The van der Waals surface area contributed by atoms with Crippen LogP contribution in [0.4, 0.5) is 0 Å². The second kappa shape index (κ2) is 6.70. The summed E-state index contributed by atoms with van der Waals surface area (Å²) in [4.78, 5) is 23.4. The summed E-state index contributed by atoms with van der Waals surface area (Å²) < 4.78 is 12.8. The highest BCUT2D eigenvalue weighted by Gasteiger charge is 2.25. The van der Waals surface area contributed by atoms with Crippen molar-refractivity contribution in [1.82, 2.24) is 5.32 Å². The van der Waals surface area contributed by atoms with Crippen LogP contribution in [0.2, 0.25) is 0 Å². The van der Waals surface area contributed by atoms with Gasteiger partial charge in [0.15, 0.2) is 0 Å². The first-order valence-corrected chi connectivity index (χ1v) is 8.29. The smallest absolute Gasteiger partial charge is 0.336 e. The molecule has 2 unspecified atom stereocenters. The van der Waals surface area contributed by atoms with Crippen molar-refractivity contribution < 1.29 is 18.9 Å². The van der Waals surface area contributed by atoms with Crippen LogP contribution in [0.3, 0.4) is 0 Å². The average Bonchev–Trinajstić information content (AvgIpc) is 2.35. The third-order valence-electron chi connectivity index (χ3n) is 2.59. The van der Waals surface area contributed by atoms with Gasteiger partial charge in [-0.2, -0.15) is 0 Å². The molecule has 1 aromatic carbocycles. The highest BCUT2D eigenvalue weighted by Crippen LogP contribution is 2.22. The standard InChI is InChI=1S/C14H18BrNO4S/c1-8(12(17)16-14(2,3)4)21(20)9-5-6-11(15)10(7-9)13(18)19/h5-8H,1-4H3,(H,16,17)(H,18,19). The molecule has 1 aromatic rings. The van der Waals surface area contributed by atoms with Gasteiger partial charge in [-0.3, -0.25) is 9.00 Å². The highest BCUT2D eigenvalue weighted by atomic mass is 79.9. The van der Waals surface area contributed by atoms with E-state index < -0.39 is 27.6 Å². The molecule has 116 valence electrons. The Morgan fingerprint density at radius 1 is 1.33 bits per heavy atom. The fraction of sp³-hybridized carbons (Fsp3) is 0.429. The second-order valence-electron chi connectivity index (χ2n) is 5.63. The monoisotopic (exact) mass is 375 g/mol. The lowest BCUT2D eigenvalue weighted by Crippen LogP contribution is -2.46. The van der Waals surface area contributed by atoms with E-state index in [1.807, 2.05) is 20.8 Å². The topological polar surface area (TPSA) is 83.5 Å². The molecule has 0 fully saturated rings. The minimum Gasteiger partial charge on any atom is -0.478 e. The molecule has 1 rings (SSSR count). The van der Waals surface area contributed by atoms with Gasteiger partial charge in [0.2, 0.25) is 5.91 Å². The van der Waals surface area contributed by atoms with Gasteiger partial charge in [-0.25, -0.2) is 4.79 Å². The van der Waals surface area contributed by atoms with Crippen LogP contribution >= 0.6 is 15.9 Å². The number of hydrogen-bond donors (Lipinski definition) is 2. The summed E-state index contributed by atoms with van der Waals surface area (Å²) in [5.41, 5.74) is -0.397. The van der Waals surface area contributed by atoms with E-state index in [4.69, 9.17) is 5.11 Å². The number of carboxylic acids is 1. The van der Waals surface area contributed by atoms with E-state index in [9.17, 15) is 13.8 Å². The summed E-state index contributed by atoms with van der Waals surface area (Å²) >= 11 is 3.13. The maximum atomic E-state index is 12.4. The van der Waals surface area contributed by atoms with Gasteiger partial charge >= 0.3 is 5.97 Å². The zero-order chi connectivity index (χ0) is 16.4. The number of benzene rings is 1. The van der Waals surface area contributed by atoms with Crippen molar-refractivity contribution in [2.75, 3.05) is 0 Å². The number of hydrogen-bond acceptors (Lipinski definition) is 3. The number of carbonyl (C=O) groups excluding carboxylic acids is 1. The summed E-state index contributed by atoms with van der Waals surface area (Å²) in [7, 11) is -1.62. The number of carboxylic acid groups (broad SMARTS) is 1. The molecule has 0 aliphatic carbocycles. The molecule has 2 N–H and O–H groups in total. The molecule has 0 radical (unpaired) electrons. The van der Waals surface area contributed by atoms with Crippen molar-refractivity contribution in [1.29, 1.82) is 0 Å². The zero-order valence-electron chi connectivity index (χ0n) is 12.3. The van der Waals surface area contributed by atoms with Crippen LogP contribution in [0.15, 0.2) is 27.6 Å². The van der Waals surface area contributed by atoms with Crippen LogP contribution < -0.4 is 5.32 Å². The van der Waals surface area contributed by atoms with Gasteiger partial charge < -0.3 is 10.4 Å². The fourth-order valence-electron chi connectivity index (χ4n) is 1.57. The van der Waals surface area contributed by atoms with E-state index in [-0.39, 0.29) is 11.5 Å². The third kappa shape index (κ3) is 4.93. The summed E-state index contributed by atoms with van der Waals surface area (Å²) in [6.07, 6.45) is 0. The number of aromatic carboxylic acids is 1. The van der Waals surface area contributed by atoms with E-state index in [1.54, 1.807) is 13.0 Å². The lowest BCUT2D eigenvalue weighted by atomic mass is 10.1. The Kier molecular flexibility index (Phi) is 5.69. The number of amides is 1. The number of nitrogens with one attached hydrogen (secondary N) is 1. The van der Waals surface area contributed by atoms with Crippen molar-refractivity contribution >= 4 is 38.6 Å². The van der Waals surface area contributed by atoms with Gasteiger partial charge in [-0.15, -0.1) is 0 Å². The Bertz CT molecular complexity index is 595. The third-order valence-corrected chi connectivity index (χ3v) is 4.86. The Balaban J connectivity index is 3.01. The summed E-state index contributed by atoms with van der Waals surface area (Å²) in [6, 6.07) is 4.39. The van der Waals surface area contributed by atoms with Crippen LogP contribution in [0, 0.1) is 0 Å². The molecule has 0 heterocycles. The molecule has 7 heteroatoms. The molecule has 0 bridgehead atoms. The molecular weight excluding hydrogens is 358 g/mol. The predicted octanol–water partition coefficient (Wildman–Crippen LogP) is 2.56. The highest BCUT2D eigenvalue weighted by molar-refractivity contribution is 9.10. The summed E-state index contributed by atoms with van der Waals surface area (Å²) in [5, 5.41) is 11.1. The molecule has 1 amide bonds. The van der Waals surface area contributed by atoms with E-state index in [0.717, 1.165) is 0 Å². The fourth-order valence-corrected chi connectivity index (χ4v) is 3.08.